The van der Waals surface area contributed by atoms with E-state index >= 15 is 0 Å². The molecule has 1 N–H and O–H groups in total. The summed E-state index contributed by atoms with van der Waals surface area (Å²) < 4.78 is 19.4. The van der Waals surface area contributed by atoms with Gasteiger partial charge in [0.1, 0.15) is 5.82 Å². The number of hydrogen-bond donors (Lipinski definition) is 1. The number of nitrogens with zero attached hydrogens (tertiary/aromatic N) is 1. The second-order valence-electron chi connectivity index (χ2n) is 5.56. The van der Waals surface area contributed by atoms with Crippen molar-refractivity contribution in [3.05, 3.63) is 35.1 Å². The Morgan fingerprint density at radius 3 is 3.21 bits per heavy atom. The fourth-order valence-corrected chi connectivity index (χ4v) is 3.09. The van der Waals surface area contributed by atoms with Crippen LogP contribution in [0.1, 0.15) is 23.6 Å². The molecule has 1 aromatic carbocycles. The first kappa shape index (κ1) is 13.0. The van der Waals surface area contributed by atoms with E-state index in [0.717, 1.165) is 50.2 Å². The van der Waals surface area contributed by atoms with Gasteiger partial charge >= 0.3 is 0 Å². The zero-order chi connectivity index (χ0) is 13.2. The molecule has 2 unspecified atom stereocenters. The largest absolute Gasteiger partial charge is 0.374 e. The molecular weight excluding hydrogens is 243 g/mol. The zero-order valence-corrected chi connectivity index (χ0v) is 11.4. The van der Waals surface area contributed by atoms with Crippen molar-refractivity contribution in [3.63, 3.8) is 0 Å². The highest BCUT2D eigenvalue weighted by Crippen LogP contribution is 2.32. The molecule has 0 radical (unpaired) electrons. The molecule has 19 heavy (non-hydrogen) atoms. The van der Waals surface area contributed by atoms with Crippen LogP contribution in [-0.4, -0.2) is 44.3 Å². The lowest BCUT2D eigenvalue weighted by molar-refractivity contribution is -0.0192. The minimum absolute atomic E-state index is 0.0598. The highest BCUT2D eigenvalue weighted by molar-refractivity contribution is 5.35. The van der Waals surface area contributed by atoms with Gasteiger partial charge in [0, 0.05) is 25.7 Å². The van der Waals surface area contributed by atoms with E-state index in [1.807, 2.05) is 6.07 Å². The van der Waals surface area contributed by atoms with Crippen molar-refractivity contribution in [2.24, 2.45) is 0 Å². The second-order valence-corrected chi connectivity index (χ2v) is 5.56. The summed E-state index contributed by atoms with van der Waals surface area (Å²) >= 11 is 0. The Kier molecular flexibility index (Phi) is 3.82. The third kappa shape index (κ3) is 2.81. The maximum Gasteiger partial charge on any atom is 0.126 e. The predicted octanol–water partition coefficient (Wildman–Crippen LogP) is 1.73. The van der Waals surface area contributed by atoms with Gasteiger partial charge in [-0.1, -0.05) is 12.1 Å². The Morgan fingerprint density at radius 1 is 1.47 bits per heavy atom. The van der Waals surface area contributed by atoms with Gasteiger partial charge in [0.15, 0.2) is 0 Å². The summed E-state index contributed by atoms with van der Waals surface area (Å²) in [4.78, 5) is 2.29. The molecule has 4 heteroatoms. The molecule has 1 aromatic rings. The van der Waals surface area contributed by atoms with Gasteiger partial charge in [0.25, 0.3) is 0 Å². The highest BCUT2D eigenvalue weighted by atomic mass is 19.1. The summed E-state index contributed by atoms with van der Waals surface area (Å²) in [6.45, 7) is 3.62. The number of benzene rings is 1. The summed E-state index contributed by atoms with van der Waals surface area (Å²) in [6.07, 6.45) is 2.07. The monoisotopic (exact) mass is 264 g/mol. The lowest BCUT2D eigenvalue weighted by Crippen LogP contribution is -2.45. The Bertz CT molecular complexity index is 452. The van der Waals surface area contributed by atoms with Gasteiger partial charge in [-0.05, 0) is 37.1 Å². The first-order valence-corrected chi connectivity index (χ1v) is 7.05. The molecule has 2 aliphatic rings. The molecule has 0 saturated carbocycles. The van der Waals surface area contributed by atoms with E-state index in [4.69, 9.17) is 4.74 Å². The van der Waals surface area contributed by atoms with E-state index in [1.165, 1.54) is 0 Å². The molecule has 1 aliphatic heterocycles. The van der Waals surface area contributed by atoms with Crippen molar-refractivity contribution in [2.45, 2.75) is 25.0 Å². The quantitative estimate of drug-likeness (QED) is 0.900. The maximum atomic E-state index is 13.7. The summed E-state index contributed by atoms with van der Waals surface area (Å²) in [5, 5.41) is 3.54. The van der Waals surface area contributed by atoms with Gasteiger partial charge in [-0.3, -0.25) is 0 Å². The molecule has 0 amide bonds. The Hall–Kier alpha value is -0.970. The van der Waals surface area contributed by atoms with Crippen LogP contribution in [0.3, 0.4) is 0 Å². The van der Waals surface area contributed by atoms with E-state index in [2.05, 4.69) is 17.3 Å². The van der Waals surface area contributed by atoms with Gasteiger partial charge in [-0.25, -0.2) is 4.39 Å². The van der Waals surface area contributed by atoms with Crippen molar-refractivity contribution in [3.8, 4) is 0 Å². The number of morpholine rings is 1. The standard InChI is InChI=1S/C15H21FN2O/c1-18-7-8-19-11(10-18)9-17-15-6-5-12-13(15)3-2-4-14(12)16/h2-4,11,15,17H,5-10H2,1H3. The van der Waals surface area contributed by atoms with E-state index in [1.54, 1.807) is 12.1 Å². The highest BCUT2D eigenvalue weighted by Gasteiger charge is 2.26. The topological polar surface area (TPSA) is 24.5 Å². The first-order valence-electron chi connectivity index (χ1n) is 7.05. The fraction of sp³-hybridized carbons (Fsp3) is 0.600. The third-order valence-electron chi connectivity index (χ3n) is 4.15. The van der Waals surface area contributed by atoms with Crippen LogP contribution in [-0.2, 0) is 11.2 Å². The van der Waals surface area contributed by atoms with Crippen LogP contribution in [0.4, 0.5) is 4.39 Å². The molecule has 1 heterocycles. The van der Waals surface area contributed by atoms with Crippen molar-refractivity contribution >= 4 is 0 Å². The van der Waals surface area contributed by atoms with Crippen molar-refractivity contribution < 1.29 is 9.13 Å². The molecular formula is C15H21FN2O. The molecule has 104 valence electrons. The molecule has 0 aromatic heterocycles. The number of hydrogen-bond acceptors (Lipinski definition) is 3. The summed E-state index contributed by atoms with van der Waals surface area (Å²) in [5.41, 5.74) is 2.02. The molecule has 3 nitrogen and oxygen atoms in total. The minimum Gasteiger partial charge on any atom is -0.374 e. The summed E-state index contributed by atoms with van der Waals surface area (Å²) in [5.74, 6) is -0.0598. The van der Waals surface area contributed by atoms with Crippen molar-refractivity contribution in [1.29, 1.82) is 0 Å². The fourth-order valence-electron chi connectivity index (χ4n) is 3.09. The molecule has 0 bridgehead atoms. The number of nitrogens with one attached hydrogen (secondary N) is 1. The van der Waals surface area contributed by atoms with Gasteiger partial charge in [0.05, 0.1) is 12.7 Å². The predicted molar refractivity (Wildman–Crippen MR) is 72.7 cm³/mol. The number of rotatable bonds is 3. The molecule has 1 aliphatic carbocycles. The Labute approximate surface area is 113 Å². The van der Waals surface area contributed by atoms with Gasteiger partial charge < -0.3 is 15.0 Å². The number of ether oxygens (including phenoxy) is 1. The van der Waals surface area contributed by atoms with Gasteiger partial charge in [-0.15, -0.1) is 0 Å². The van der Waals surface area contributed by atoms with Crippen molar-refractivity contribution in [2.75, 3.05) is 33.3 Å². The number of likely N-dealkylation sites (N-methyl/N-ethyl adjacent to an activating group) is 1. The summed E-state index contributed by atoms with van der Waals surface area (Å²) in [6, 6.07) is 5.68. The molecule has 0 spiro atoms. The SMILES string of the molecule is CN1CCOC(CNC2CCc3c(F)cccc32)C1. The third-order valence-corrected chi connectivity index (χ3v) is 4.15. The minimum atomic E-state index is -0.0598. The van der Waals surface area contributed by atoms with Crippen LogP contribution in [0, 0.1) is 5.82 Å². The normalized spacial score (nSPS) is 27.5. The molecule has 3 rings (SSSR count). The maximum absolute atomic E-state index is 13.7. The van der Waals surface area contributed by atoms with Crippen LogP contribution in [0.2, 0.25) is 0 Å². The Morgan fingerprint density at radius 2 is 2.37 bits per heavy atom. The van der Waals surface area contributed by atoms with Crippen LogP contribution in [0.15, 0.2) is 18.2 Å². The second kappa shape index (κ2) is 5.57. The smallest absolute Gasteiger partial charge is 0.126 e. The van der Waals surface area contributed by atoms with E-state index < -0.39 is 0 Å². The average Bonchev–Trinajstić information content (AvgIpc) is 2.81. The van der Waals surface area contributed by atoms with E-state index in [9.17, 15) is 4.39 Å². The zero-order valence-electron chi connectivity index (χ0n) is 11.4. The Balaban J connectivity index is 1.59. The molecule has 1 fully saturated rings. The number of fused-ring (bicyclic) bond motifs is 1. The van der Waals surface area contributed by atoms with Gasteiger partial charge in [0.2, 0.25) is 0 Å². The number of halogens is 1. The van der Waals surface area contributed by atoms with Crippen LogP contribution in [0.25, 0.3) is 0 Å². The van der Waals surface area contributed by atoms with Gasteiger partial charge in [-0.2, -0.15) is 0 Å². The van der Waals surface area contributed by atoms with E-state index in [0.29, 0.717) is 0 Å². The van der Waals surface area contributed by atoms with Crippen LogP contribution < -0.4 is 5.32 Å². The average molecular weight is 264 g/mol. The first-order chi connectivity index (χ1) is 9.24. The van der Waals surface area contributed by atoms with E-state index in [-0.39, 0.29) is 18.0 Å². The lowest BCUT2D eigenvalue weighted by atomic mass is 10.1. The summed E-state index contributed by atoms with van der Waals surface area (Å²) in [7, 11) is 2.12. The lowest BCUT2D eigenvalue weighted by Gasteiger charge is -2.31. The van der Waals surface area contributed by atoms with Crippen LogP contribution in [0.5, 0.6) is 0 Å². The van der Waals surface area contributed by atoms with Crippen molar-refractivity contribution in [1.82, 2.24) is 10.2 Å². The molecule has 1 saturated heterocycles. The molecule has 2 atom stereocenters. The van der Waals surface area contributed by atoms with Crippen LogP contribution >= 0.6 is 0 Å².